The van der Waals surface area contributed by atoms with E-state index in [2.05, 4.69) is 59.5 Å². The van der Waals surface area contributed by atoms with Gasteiger partial charge in [0.25, 0.3) is 0 Å². The highest BCUT2D eigenvalue weighted by molar-refractivity contribution is 6.16. The lowest BCUT2D eigenvalue weighted by atomic mass is 9.95. The normalized spacial score (nSPS) is 12.1. The summed E-state index contributed by atoms with van der Waals surface area (Å²) in [6, 6.07) is 12.7. The van der Waals surface area contributed by atoms with Crippen molar-refractivity contribution in [2.45, 2.75) is 27.2 Å². The van der Waals surface area contributed by atoms with Gasteiger partial charge in [-0.05, 0) is 66.9 Å². The van der Waals surface area contributed by atoms with Gasteiger partial charge in [-0.3, -0.25) is 5.41 Å². The zero-order valence-electron chi connectivity index (χ0n) is 16.7. The molecule has 0 radical (unpaired) electrons. The predicted molar refractivity (Wildman–Crippen MR) is 118 cm³/mol. The minimum absolute atomic E-state index is 0.0674. The van der Waals surface area contributed by atoms with Crippen LogP contribution in [0.2, 0.25) is 0 Å². The number of aromatic nitrogens is 1. The van der Waals surface area contributed by atoms with Crippen molar-refractivity contribution in [3.05, 3.63) is 65.4 Å². The molecule has 2 aromatic carbocycles. The van der Waals surface area contributed by atoms with E-state index in [0.717, 1.165) is 22.9 Å². The van der Waals surface area contributed by atoms with E-state index in [1.165, 1.54) is 16.7 Å². The van der Waals surface area contributed by atoms with E-state index in [1.807, 2.05) is 6.07 Å². The van der Waals surface area contributed by atoms with Crippen LogP contribution in [0.3, 0.4) is 0 Å². The lowest BCUT2D eigenvalue weighted by Gasteiger charge is -2.09. The number of aliphatic imine (C=N–C) groups is 1. The molecular formula is C23H26N4O. The van der Waals surface area contributed by atoms with Crippen molar-refractivity contribution in [2.24, 2.45) is 4.99 Å². The van der Waals surface area contributed by atoms with Gasteiger partial charge < -0.3 is 15.4 Å². The Labute approximate surface area is 165 Å². The van der Waals surface area contributed by atoms with Crippen LogP contribution in [0.4, 0.5) is 0 Å². The molecule has 0 saturated carbocycles. The quantitative estimate of drug-likeness (QED) is 0.377. The molecule has 5 nitrogen and oxygen atoms in total. The minimum atomic E-state index is 0.0674. The second-order valence-corrected chi connectivity index (χ2v) is 6.82. The maximum atomic E-state index is 10.5. The third-order valence-electron chi connectivity index (χ3n) is 4.86. The van der Waals surface area contributed by atoms with Gasteiger partial charge in [0.05, 0.1) is 11.3 Å². The molecule has 0 bridgehead atoms. The second-order valence-electron chi connectivity index (χ2n) is 6.82. The van der Waals surface area contributed by atoms with Crippen LogP contribution in [-0.2, 0) is 6.42 Å². The summed E-state index contributed by atoms with van der Waals surface area (Å²) in [5.41, 5.74) is 6.84. The fourth-order valence-electron chi connectivity index (χ4n) is 3.35. The van der Waals surface area contributed by atoms with Crippen LogP contribution in [0.25, 0.3) is 22.0 Å². The molecule has 3 aromatic rings. The maximum Gasteiger partial charge on any atom is 0.198 e. The first-order valence-corrected chi connectivity index (χ1v) is 9.37. The summed E-state index contributed by atoms with van der Waals surface area (Å²) in [6.45, 7) is 6.06. The van der Waals surface area contributed by atoms with Gasteiger partial charge in [-0.25, -0.2) is 4.99 Å². The maximum absolute atomic E-state index is 10.5. The van der Waals surface area contributed by atoms with Gasteiger partial charge in [-0.2, -0.15) is 0 Å². The molecule has 4 N–H and O–H groups in total. The lowest BCUT2D eigenvalue weighted by Crippen LogP contribution is -2.00. The third kappa shape index (κ3) is 3.83. The molecule has 0 aliphatic rings. The highest BCUT2D eigenvalue weighted by Crippen LogP contribution is 2.33. The summed E-state index contributed by atoms with van der Waals surface area (Å²) in [5, 5.41) is 22.1. The number of amidine groups is 1. The van der Waals surface area contributed by atoms with Crippen LogP contribution >= 0.6 is 0 Å². The van der Waals surface area contributed by atoms with E-state index in [9.17, 15) is 5.11 Å². The van der Waals surface area contributed by atoms with Gasteiger partial charge in [-0.15, -0.1) is 0 Å². The van der Waals surface area contributed by atoms with Crippen molar-refractivity contribution in [2.75, 3.05) is 7.05 Å². The van der Waals surface area contributed by atoms with Crippen molar-refractivity contribution in [1.29, 1.82) is 5.41 Å². The Morgan fingerprint density at radius 2 is 2.04 bits per heavy atom. The summed E-state index contributed by atoms with van der Waals surface area (Å²) in [5.74, 6) is 0.182. The summed E-state index contributed by atoms with van der Waals surface area (Å²) >= 11 is 0. The molecule has 1 aromatic heterocycles. The molecule has 0 fully saturated rings. The van der Waals surface area contributed by atoms with Gasteiger partial charge in [0.1, 0.15) is 5.84 Å². The number of H-pyrrole nitrogens is 1. The van der Waals surface area contributed by atoms with E-state index >= 15 is 0 Å². The largest absolute Gasteiger partial charge is 0.494 e. The average Bonchev–Trinajstić information content (AvgIpc) is 3.01. The summed E-state index contributed by atoms with van der Waals surface area (Å²) in [6.07, 6.45) is 4.20. The second kappa shape index (κ2) is 8.13. The third-order valence-corrected chi connectivity index (χ3v) is 4.86. The zero-order chi connectivity index (χ0) is 20.3. The topological polar surface area (TPSA) is 84.3 Å². The zero-order valence-corrected chi connectivity index (χ0v) is 16.7. The first-order valence-electron chi connectivity index (χ1n) is 9.37. The smallest absolute Gasteiger partial charge is 0.198 e. The molecular weight excluding hydrogens is 348 g/mol. The van der Waals surface area contributed by atoms with Crippen molar-refractivity contribution in [1.82, 2.24) is 10.3 Å². The van der Waals surface area contributed by atoms with E-state index in [1.54, 1.807) is 26.2 Å². The molecule has 0 aliphatic carbocycles. The first-order chi connectivity index (χ1) is 13.4. The Hall–Kier alpha value is -3.34. The van der Waals surface area contributed by atoms with Crippen molar-refractivity contribution < 1.29 is 5.11 Å². The fourth-order valence-corrected chi connectivity index (χ4v) is 3.35. The molecule has 0 aliphatic heterocycles. The van der Waals surface area contributed by atoms with Crippen molar-refractivity contribution >= 4 is 22.5 Å². The van der Waals surface area contributed by atoms with Crippen molar-refractivity contribution in [3.8, 4) is 17.0 Å². The number of aromatic amines is 1. The van der Waals surface area contributed by atoms with E-state index in [-0.39, 0.29) is 11.7 Å². The first kappa shape index (κ1) is 19.4. The SMILES string of the molecule is CCc1ccc(C)c(-c2ccc3[nH]c(O)c(C(C)=NC(=N)/C=C\NC)c3c2)c1. The Balaban J connectivity index is 2.12. The van der Waals surface area contributed by atoms with Crippen LogP contribution in [0.1, 0.15) is 30.5 Å². The molecule has 0 amide bonds. The summed E-state index contributed by atoms with van der Waals surface area (Å²) < 4.78 is 0. The summed E-state index contributed by atoms with van der Waals surface area (Å²) in [4.78, 5) is 7.32. The molecule has 28 heavy (non-hydrogen) atoms. The molecule has 5 heteroatoms. The van der Waals surface area contributed by atoms with Crippen LogP contribution in [0.5, 0.6) is 5.88 Å². The monoisotopic (exact) mass is 374 g/mol. The number of nitrogens with one attached hydrogen (secondary N) is 3. The molecule has 144 valence electrons. The van der Waals surface area contributed by atoms with Crippen molar-refractivity contribution in [3.63, 3.8) is 0 Å². The number of aromatic hydroxyl groups is 1. The lowest BCUT2D eigenvalue weighted by molar-refractivity contribution is 0.457. The van der Waals surface area contributed by atoms with E-state index in [0.29, 0.717) is 11.3 Å². The van der Waals surface area contributed by atoms with Gasteiger partial charge in [0.15, 0.2) is 5.88 Å². The van der Waals surface area contributed by atoms with Gasteiger partial charge >= 0.3 is 0 Å². The highest BCUT2D eigenvalue weighted by atomic mass is 16.3. The fraction of sp³-hybridized carbons (Fsp3) is 0.217. The minimum Gasteiger partial charge on any atom is -0.494 e. The van der Waals surface area contributed by atoms with E-state index in [4.69, 9.17) is 5.41 Å². The molecule has 0 unspecified atom stereocenters. The highest BCUT2D eigenvalue weighted by Gasteiger charge is 2.15. The number of fused-ring (bicyclic) bond motifs is 1. The Kier molecular flexibility index (Phi) is 5.64. The number of rotatable bonds is 5. The number of benzene rings is 2. The molecule has 3 rings (SSSR count). The molecule has 0 saturated heterocycles. The van der Waals surface area contributed by atoms with Crippen LogP contribution in [-0.4, -0.2) is 28.7 Å². The number of hydrogen-bond acceptors (Lipinski definition) is 3. The molecule has 0 atom stereocenters. The number of aryl methyl sites for hydroxylation is 2. The summed E-state index contributed by atoms with van der Waals surface area (Å²) in [7, 11) is 1.77. The van der Waals surface area contributed by atoms with Gasteiger partial charge in [0.2, 0.25) is 0 Å². The van der Waals surface area contributed by atoms with E-state index < -0.39 is 0 Å². The number of hydrogen-bond donors (Lipinski definition) is 4. The standard InChI is InChI=1S/C23H26N4O/c1-5-16-7-6-14(2)18(12-16)17-8-9-20-19(13-17)22(23(28)27-20)15(3)26-21(24)10-11-25-4/h6-13,24-25,27-28H,5H2,1-4H3/b11-10-,24-21?,26-15?. The van der Waals surface area contributed by atoms with Gasteiger partial charge in [-0.1, -0.05) is 31.2 Å². The van der Waals surface area contributed by atoms with Crippen LogP contribution in [0, 0.1) is 12.3 Å². The van der Waals surface area contributed by atoms with Crippen LogP contribution < -0.4 is 5.32 Å². The molecule has 0 spiro atoms. The Morgan fingerprint density at radius 3 is 2.75 bits per heavy atom. The number of nitrogens with zero attached hydrogens (tertiary/aromatic N) is 1. The van der Waals surface area contributed by atoms with Crippen LogP contribution in [0.15, 0.2) is 53.7 Å². The Morgan fingerprint density at radius 1 is 1.25 bits per heavy atom. The average molecular weight is 374 g/mol. The molecule has 1 heterocycles. The van der Waals surface area contributed by atoms with Gasteiger partial charge in [0, 0.05) is 18.0 Å². The Bertz CT molecular complexity index is 1090. The predicted octanol–water partition coefficient (Wildman–Crippen LogP) is 4.93.